The molecule has 1 aliphatic rings. The first-order valence-electron chi connectivity index (χ1n) is 6.43. The maximum Gasteiger partial charge on any atom is 0.329 e. The van der Waals surface area contributed by atoms with E-state index in [4.69, 9.17) is 9.84 Å². The number of carboxylic acids is 1. The third-order valence-electron chi connectivity index (χ3n) is 3.19. The van der Waals surface area contributed by atoms with Gasteiger partial charge in [0.05, 0.1) is 13.1 Å². The second-order valence-corrected chi connectivity index (χ2v) is 5.12. The first kappa shape index (κ1) is 15.7. The molecule has 7 heteroatoms. The molecule has 0 aromatic rings. The summed E-state index contributed by atoms with van der Waals surface area (Å²) in [6.07, 6.45) is 0. The predicted molar refractivity (Wildman–Crippen MR) is 70.1 cm³/mol. The second kappa shape index (κ2) is 6.72. The highest BCUT2D eigenvalue weighted by molar-refractivity contribution is 5.75. The van der Waals surface area contributed by atoms with Crippen LogP contribution in [-0.2, 0) is 9.53 Å². The Hall–Kier alpha value is -1.34. The number of hydrogen-bond donors (Lipinski definition) is 2. The number of hydrogen-bond acceptors (Lipinski definition) is 4. The molecule has 19 heavy (non-hydrogen) atoms. The van der Waals surface area contributed by atoms with Crippen molar-refractivity contribution in [2.24, 2.45) is 0 Å². The highest BCUT2D eigenvalue weighted by Gasteiger charge is 2.42. The molecule has 0 radical (unpaired) electrons. The van der Waals surface area contributed by atoms with Crippen molar-refractivity contribution in [3.05, 3.63) is 0 Å². The normalized spacial score (nSPS) is 17.2. The summed E-state index contributed by atoms with van der Waals surface area (Å²) in [4.78, 5) is 25.9. The van der Waals surface area contributed by atoms with Crippen molar-refractivity contribution in [1.29, 1.82) is 0 Å². The number of likely N-dealkylation sites (tertiary alicyclic amines) is 1. The van der Waals surface area contributed by atoms with Crippen LogP contribution in [0.4, 0.5) is 4.79 Å². The van der Waals surface area contributed by atoms with E-state index in [1.54, 1.807) is 4.90 Å². The summed E-state index contributed by atoms with van der Waals surface area (Å²) in [6, 6.07) is -0.124. The lowest BCUT2D eigenvalue weighted by atomic mass is 9.97. The van der Waals surface area contributed by atoms with Crippen molar-refractivity contribution >= 4 is 12.0 Å². The van der Waals surface area contributed by atoms with E-state index in [0.717, 1.165) is 13.1 Å². The third-order valence-corrected chi connectivity index (χ3v) is 3.19. The number of carbonyl (C=O) groups excluding carboxylic acids is 1. The minimum atomic E-state index is -0.994. The number of rotatable bonds is 7. The van der Waals surface area contributed by atoms with Crippen molar-refractivity contribution in [2.75, 3.05) is 46.4 Å². The van der Waals surface area contributed by atoms with E-state index in [-0.39, 0.29) is 12.6 Å². The number of ether oxygens (including phenoxy) is 1. The molecule has 0 unspecified atom stereocenters. The Bertz CT molecular complexity index is 329. The molecule has 0 aliphatic carbocycles. The van der Waals surface area contributed by atoms with E-state index in [0.29, 0.717) is 19.6 Å². The zero-order valence-corrected chi connectivity index (χ0v) is 11.8. The van der Waals surface area contributed by atoms with Gasteiger partial charge in [-0.2, -0.15) is 0 Å². The van der Waals surface area contributed by atoms with Gasteiger partial charge >= 0.3 is 12.0 Å². The summed E-state index contributed by atoms with van der Waals surface area (Å²) < 4.78 is 5.24. The van der Waals surface area contributed by atoms with Crippen molar-refractivity contribution in [3.63, 3.8) is 0 Å². The molecule has 1 saturated heterocycles. The van der Waals surface area contributed by atoms with Gasteiger partial charge in [-0.05, 0) is 20.5 Å². The molecule has 0 saturated carbocycles. The lowest BCUT2D eigenvalue weighted by molar-refractivity contribution is -0.159. The number of nitrogens with zero attached hydrogens (tertiary/aromatic N) is 2. The van der Waals surface area contributed by atoms with E-state index < -0.39 is 11.6 Å². The van der Waals surface area contributed by atoms with Crippen LogP contribution < -0.4 is 5.32 Å². The highest BCUT2D eigenvalue weighted by atomic mass is 16.5. The molecule has 1 aliphatic heterocycles. The summed E-state index contributed by atoms with van der Waals surface area (Å²) in [6.45, 7) is 6.75. The third kappa shape index (κ3) is 5.04. The minimum absolute atomic E-state index is 0.124. The Kier molecular flexibility index (Phi) is 5.56. The Morgan fingerprint density at radius 1 is 1.47 bits per heavy atom. The number of nitrogens with one attached hydrogen (secondary N) is 1. The smallest absolute Gasteiger partial charge is 0.329 e. The molecule has 110 valence electrons. The van der Waals surface area contributed by atoms with Crippen LogP contribution in [0.15, 0.2) is 0 Å². The van der Waals surface area contributed by atoms with Crippen LogP contribution in [0, 0.1) is 0 Å². The maximum absolute atomic E-state index is 11.7. The molecular formula is C12H23N3O4. The van der Waals surface area contributed by atoms with Crippen molar-refractivity contribution in [1.82, 2.24) is 15.1 Å². The Labute approximate surface area is 113 Å². The van der Waals surface area contributed by atoms with Crippen LogP contribution in [0.1, 0.15) is 13.8 Å². The van der Waals surface area contributed by atoms with Gasteiger partial charge in [-0.15, -0.1) is 0 Å². The van der Waals surface area contributed by atoms with Crippen LogP contribution >= 0.6 is 0 Å². The SMILES string of the molecule is CCN(C)CCNC(=O)N1CC(C)(OCC(=O)O)C1. The first-order chi connectivity index (χ1) is 8.86. The molecule has 0 spiro atoms. The summed E-state index contributed by atoms with van der Waals surface area (Å²) in [5.74, 6) is -0.994. The van der Waals surface area contributed by atoms with Crippen LogP contribution in [0.5, 0.6) is 0 Å². The molecule has 0 aromatic heterocycles. The quantitative estimate of drug-likeness (QED) is 0.672. The van der Waals surface area contributed by atoms with E-state index >= 15 is 0 Å². The Balaban J connectivity index is 2.18. The molecule has 1 heterocycles. The number of likely N-dealkylation sites (N-methyl/N-ethyl adjacent to an activating group) is 1. The molecular weight excluding hydrogens is 250 g/mol. The summed E-state index contributed by atoms with van der Waals surface area (Å²) in [7, 11) is 1.99. The molecule has 0 bridgehead atoms. The van der Waals surface area contributed by atoms with Gasteiger partial charge in [0.2, 0.25) is 0 Å². The van der Waals surface area contributed by atoms with E-state index in [9.17, 15) is 9.59 Å². The fourth-order valence-corrected chi connectivity index (χ4v) is 1.86. The Morgan fingerprint density at radius 2 is 2.11 bits per heavy atom. The lowest BCUT2D eigenvalue weighted by Gasteiger charge is -2.47. The highest BCUT2D eigenvalue weighted by Crippen LogP contribution is 2.24. The maximum atomic E-state index is 11.7. The van der Waals surface area contributed by atoms with Crippen molar-refractivity contribution in [2.45, 2.75) is 19.4 Å². The van der Waals surface area contributed by atoms with Gasteiger partial charge in [0, 0.05) is 13.1 Å². The van der Waals surface area contributed by atoms with Crippen LogP contribution in [-0.4, -0.2) is 78.9 Å². The zero-order chi connectivity index (χ0) is 14.5. The van der Waals surface area contributed by atoms with Crippen LogP contribution in [0.25, 0.3) is 0 Å². The Morgan fingerprint density at radius 3 is 2.63 bits per heavy atom. The lowest BCUT2D eigenvalue weighted by Crippen LogP contribution is -2.65. The van der Waals surface area contributed by atoms with Gasteiger partial charge in [-0.1, -0.05) is 6.92 Å². The van der Waals surface area contributed by atoms with Gasteiger partial charge in [-0.25, -0.2) is 9.59 Å². The van der Waals surface area contributed by atoms with Crippen LogP contribution in [0.2, 0.25) is 0 Å². The molecule has 0 aromatic carbocycles. The van der Waals surface area contributed by atoms with E-state index in [1.165, 1.54) is 0 Å². The second-order valence-electron chi connectivity index (χ2n) is 5.12. The molecule has 1 fully saturated rings. The number of carbonyl (C=O) groups is 2. The fraction of sp³-hybridized carbons (Fsp3) is 0.833. The zero-order valence-electron chi connectivity index (χ0n) is 11.8. The number of urea groups is 1. The number of amides is 2. The molecule has 1 rings (SSSR count). The van der Waals surface area contributed by atoms with Crippen molar-refractivity contribution < 1.29 is 19.4 Å². The largest absolute Gasteiger partial charge is 0.480 e. The van der Waals surface area contributed by atoms with Gasteiger partial charge < -0.3 is 25.0 Å². The van der Waals surface area contributed by atoms with Crippen molar-refractivity contribution in [3.8, 4) is 0 Å². The fourth-order valence-electron chi connectivity index (χ4n) is 1.86. The number of aliphatic carboxylic acids is 1. The van der Waals surface area contributed by atoms with Gasteiger partial charge in [0.1, 0.15) is 12.2 Å². The minimum Gasteiger partial charge on any atom is -0.480 e. The van der Waals surface area contributed by atoms with Crippen LogP contribution in [0.3, 0.4) is 0 Å². The van der Waals surface area contributed by atoms with E-state index in [1.807, 2.05) is 14.0 Å². The number of carboxylic acid groups (broad SMARTS) is 1. The monoisotopic (exact) mass is 273 g/mol. The summed E-state index contributed by atoms with van der Waals surface area (Å²) >= 11 is 0. The predicted octanol–water partition coefficient (Wildman–Crippen LogP) is -0.177. The van der Waals surface area contributed by atoms with Gasteiger partial charge in [0.25, 0.3) is 0 Å². The topological polar surface area (TPSA) is 82.1 Å². The molecule has 0 atom stereocenters. The summed E-state index contributed by atoms with van der Waals surface area (Å²) in [5, 5.41) is 11.4. The molecule has 2 amide bonds. The molecule has 2 N–H and O–H groups in total. The standard InChI is InChI=1S/C12H23N3O4/c1-4-14(3)6-5-13-11(18)15-8-12(2,9-15)19-7-10(16)17/h4-9H2,1-3H3,(H,13,18)(H,16,17). The first-order valence-corrected chi connectivity index (χ1v) is 6.43. The van der Waals surface area contributed by atoms with E-state index in [2.05, 4.69) is 17.1 Å². The average molecular weight is 273 g/mol. The summed E-state index contributed by atoms with van der Waals surface area (Å²) in [5.41, 5.74) is -0.532. The van der Waals surface area contributed by atoms with Gasteiger partial charge in [0.15, 0.2) is 0 Å². The average Bonchev–Trinajstić information content (AvgIpc) is 2.32. The van der Waals surface area contributed by atoms with Gasteiger partial charge in [-0.3, -0.25) is 0 Å². The molecule has 7 nitrogen and oxygen atoms in total.